The number of amides is 1. The number of morpholine rings is 1. The van der Waals surface area contributed by atoms with Crippen molar-refractivity contribution in [3.05, 3.63) is 46.4 Å². The van der Waals surface area contributed by atoms with Crippen LogP contribution in [-0.2, 0) is 9.53 Å². The zero-order valence-electron chi connectivity index (χ0n) is 17.8. The Kier molecular flexibility index (Phi) is 8.06. The lowest BCUT2D eigenvalue weighted by Gasteiger charge is -2.26. The second-order valence-electron chi connectivity index (χ2n) is 7.16. The van der Waals surface area contributed by atoms with Crippen molar-refractivity contribution in [3.8, 4) is 11.4 Å². The third-order valence-corrected chi connectivity index (χ3v) is 5.64. The van der Waals surface area contributed by atoms with Gasteiger partial charge in [-0.1, -0.05) is 6.07 Å². The maximum atomic E-state index is 12.8. The van der Waals surface area contributed by atoms with Crippen LogP contribution in [0.5, 0.6) is 0 Å². The first-order chi connectivity index (χ1) is 15.7. The number of carboxylic acids is 1. The number of carbonyl (C=O) groups excluding carboxylic acids is 1. The minimum absolute atomic E-state index is 0.0415. The number of aryl methyl sites for hydroxylation is 1. The van der Waals surface area contributed by atoms with E-state index in [0.717, 1.165) is 54.8 Å². The molecule has 0 atom stereocenters. The molecule has 178 valence electrons. The average Bonchev–Trinajstić information content (AvgIpc) is 3.38. The Bertz CT molecular complexity index is 1110. The highest BCUT2D eigenvalue weighted by Gasteiger charge is 2.38. The van der Waals surface area contributed by atoms with Crippen molar-refractivity contribution in [1.82, 2.24) is 19.6 Å². The van der Waals surface area contributed by atoms with Gasteiger partial charge in [-0.2, -0.15) is 13.2 Å². The average molecular weight is 484 g/mol. The first-order valence-corrected chi connectivity index (χ1v) is 11.0. The van der Waals surface area contributed by atoms with E-state index in [4.69, 9.17) is 14.6 Å². The summed E-state index contributed by atoms with van der Waals surface area (Å²) in [6, 6.07) is 7.83. The molecule has 4 heterocycles. The van der Waals surface area contributed by atoms with E-state index in [2.05, 4.69) is 15.2 Å². The third-order valence-electron chi connectivity index (χ3n) is 4.86. The standard InChI is InChI=1S/C19H22N4O2S.C2HF3O2/c1-14-21-16(13-26-14)18-12-15(17-4-2-3-6-23(17)18)19(24)20-5-7-22-8-10-25-11-9-22;3-2(4,5)1(6)7/h2-4,6,12-13H,5,7-11H2,1H3,(H,20,24);(H,6,7). The zero-order chi connectivity index (χ0) is 24.0. The summed E-state index contributed by atoms with van der Waals surface area (Å²) in [5.41, 5.74) is 3.44. The summed E-state index contributed by atoms with van der Waals surface area (Å²) < 4.78 is 39.1. The molecule has 0 aromatic carbocycles. The molecule has 1 aliphatic heterocycles. The Morgan fingerprint density at radius 2 is 1.97 bits per heavy atom. The predicted molar refractivity (Wildman–Crippen MR) is 117 cm³/mol. The van der Waals surface area contributed by atoms with Crippen LogP contribution >= 0.6 is 11.3 Å². The number of thiazole rings is 1. The van der Waals surface area contributed by atoms with Crippen LogP contribution in [0.1, 0.15) is 15.4 Å². The monoisotopic (exact) mass is 484 g/mol. The fourth-order valence-electron chi connectivity index (χ4n) is 3.26. The molecule has 1 fully saturated rings. The Balaban J connectivity index is 0.000000383. The summed E-state index contributed by atoms with van der Waals surface area (Å²) in [5, 5.41) is 13.2. The molecule has 12 heteroatoms. The lowest BCUT2D eigenvalue weighted by molar-refractivity contribution is -0.192. The van der Waals surface area contributed by atoms with Crippen LogP contribution in [-0.4, -0.2) is 76.8 Å². The largest absolute Gasteiger partial charge is 0.490 e. The molecule has 0 saturated carbocycles. The molecule has 4 rings (SSSR count). The van der Waals surface area contributed by atoms with Gasteiger partial charge in [-0.15, -0.1) is 11.3 Å². The first-order valence-electron chi connectivity index (χ1n) is 10.1. The van der Waals surface area contributed by atoms with E-state index >= 15 is 0 Å². The van der Waals surface area contributed by atoms with Gasteiger partial charge in [-0.25, -0.2) is 9.78 Å². The molecule has 1 amide bonds. The van der Waals surface area contributed by atoms with Crippen LogP contribution in [0.4, 0.5) is 13.2 Å². The first kappa shape index (κ1) is 24.7. The van der Waals surface area contributed by atoms with Crippen LogP contribution in [0.2, 0.25) is 0 Å². The number of fused-ring (bicyclic) bond motifs is 1. The number of alkyl halides is 3. The van der Waals surface area contributed by atoms with E-state index in [1.165, 1.54) is 0 Å². The van der Waals surface area contributed by atoms with Crippen molar-refractivity contribution in [3.63, 3.8) is 0 Å². The summed E-state index contributed by atoms with van der Waals surface area (Å²) in [6.07, 6.45) is -3.11. The van der Waals surface area contributed by atoms with Gasteiger partial charge in [-0.3, -0.25) is 9.69 Å². The molecule has 1 aliphatic rings. The van der Waals surface area contributed by atoms with Crippen LogP contribution in [0.3, 0.4) is 0 Å². The second kappa shape index (κ2) is 10.8. The number of rotatable bonds is 5. The van der Waals surface area contributed by atoms with Crippen molar-refractivity contribution in [1.29, 1.82) is 0 Å². The summed E-state index contributed by atoms with van der Waals surface area (Å²) >= 11 is 1.61. The smallest absolute Gasteiger partial charge is 0.475 e. The molecule has 0 bridgehead atoms. The van der Waals surface area contributed by atoms with E-state index in [-0.39, 0.29) is 5.91 Å². The molecular weight excluding hydrogens is 461 g/mol. The number of nitrogens with one attached hydrogen (secondary N) is 1. The number of nitrogens with zero attached hydrogens (tertiary/aromatic N) is 3. The Labute approximate surface area is 191 Å². The van der Waals surface area contributed by atoms with E-state index < -0.39 is 12.1 Å². The quantitative estimate of drug-likeness (QED) is 0.578. The SMILES string of the molecule is Cc1nc(-c2cc(C(=O)NCCN3CCOCC3)c3ccccn23)cs1.O=C(O)C(F)(F)F. The highest BCUT2D eigenvalue weighted by atomic mass is 32.1. The van der Waals surface area contributed by atoms with Gasteiger partial charge in [0.25, 0.3) is 5.91 Å². The number of hydrogen-bond donors (Lipinski definition) is 2. The number of pyridine rings is 1. The van der Waals surface area contributed by atoms with Crippen molar-refractivity contribution in [2.45, 2.75) is 13.1 Å². The zero-order valence-corrected chi connectivity index (χ0v) is 18.6. The van der Waals surface area contributed by atoms with E-state index in [9.17, 15) is 18.0 Å². The number of halogens is 3. The van der Waals surface area contributed by atoms with E-state index in [0.29, 0.717) is 12.1 Å². The molecule has 0 aliphatic carbocycles. The molecular formula is C21H23F3N4O4S. The Morgan fingerprint density at radius 1 is 1.27 bits per heavy atom. The van der Waals surface area contributed by atoms with Gasteiger partial charge in [-0.05, 0) is 25.1 Å². The molecule has 3 aromatic heterocycles. The normalized spacial score (nSPS) is 14.5. The molecule has 0 radical (unpaired) electrons. The Morgan fingerprint density at radius 3 is 2.58 bits per heavy atom. The van der Waals surface area contributed by atoms with Crippen LogP contribution in [0.15, 0.2) is 35.8 Å². The van der Waals surface area contributed by atoms with Crippen LogP contribution < -0.4 is 5.32 Å². The van der Waals surface area contributed by atoms with Gasteiger partial charge < -0.3 is 19.6 Å². The molecule has 0 unspecified atom stereocenters. The third kappa shape index (κ3) is 6.53. The maximum absolute atomic E-state index is 12.8. The number of ether oxygens (including phenoxy) is 1. The highest BCUT2D eigenvalue weighted by molar-refractivity contribution is 7.09. The minimum atomic E-state index is -5.08. The van der Waals surface area contributed by atoms with E-state index in [1.54, 1.807) is 11.3 Å². The fourth-order valence-corrected chi connectivity index (χ4v) is 3.87. The van der Waals surface area contributed by atoms with Gasteiger partial charge >= 0.3 is 12.1 Å². The molecule has 0 spiro atoms. The van der Waals surface area contributed by atoms with Gasteiger partial charge in [0, 0.05) is 37.8 Å². The van der Waals surface area contributed by atoms with Gasteiger partial charge in [0.05, 0.1) is 40.7 Å². The lowest BCUT2D eigenvalue weighted by atomic mass is 10.2. The Hall–Kier alpha value is -2.96. The van der Waals surface area contributed by atoms with E-state index in [1.807, 2.05) is 47.2 Å². The summed E-state index contributed by atoms with van der Waals surface area (Å²) in [6.45, 7) is 6.87. The lowest BCUT2D eigenvalue weighted by Crippen LogP contribution is -2.41. The van der Waals surface area contributed by atoms with Gasteiger partial charge in [0.1, 0.15) is 0 Å². The topological polar surface area (TPSA) is 96.2 Å². The van der Waals surface area contributed by atoms with Crippen molar-refractivity contribution < 1.29 is 32.6 Å². The van der Waals surface area contributed by atoms with Crippen molar-refractivity contribution in [2.75, 3.05) is 39.4 Å². The molecule has 8 nitrogen and oxygen atoms in total. The van der Waals surface area contributed by atoms with Crippen molar-refractivity contribution in [2.24, 2.45) is 0 Å². The number of carboxylic acid groups (broad SMARTS) is 1. The fraction of sp³-hybridized carbons (Fsp3) is 0.381. The minimum Gasteiger partial charge on any atom is -0.475 e. The second-order valence-corrected chi connectivity index (χ2v) is 8.23. The van der Waals surface area contributed by atoms with Crippen molar-refractivity contribution >= 4 is 28.7 Å². The number of hydrogen-bond acceptors (Lipinski definition) is 6. The molecule has 1 saturated heterocycles. The van der Waals surface area contributed by atoms with Gasteiger partial charge in [0.2, 0.25) is 0 Å². The van der Waals surface area contributed by atoms with Gasteiger partial charge in [0.15, 0.2) is 0 Å². The summed E-state index contributed by atoms with van der Waals surface area (Å²) in [7, 11) is 0. The molecule has 33 heavy (non-hydrogen) atoms. The summed E-state index contributed by atoms with van der Waals surface area (Å²) in [5.74, 6) is -2.80. The number of aliphatic carboxylic acids is 1. The van der Waals surface area contributed by atoms with Crippen LogP contribution in [0.25, 0.3) is 16.9 Å². The predicted octanol–water partition coefficient (Wildman–Crippen LogP) is 3.07. The number of aromatic nitrogens is 2. The van der Waals surface area contributed by atoms with Crippen LogP contribution in [0, 0.1) is 6.92 Å². The maximum Gasteiger partial charge on any atom is 0.490 e. The molecule has 2 N–H and O–H groups in total. The highest BCUT2D eigenvalue weighted by Crippen LogP contribution is 2.27. The summed E-state index contributed by atoms with van der Waals surface area (Å²) in [4.78, 5) is 28.5. The molecule has 3 aromatic rings. The number of carbonyl (C=O) groups is 2.